The van der Waals surface area contributed by atoms with Crippen LogP contribution in [-0.2, 0) is 14.8 Å². The van der Waals surface area contributed by atoms with Gasteiger partial charge in [-0.25, -0.2) is 8.42 Å². The maximum absolute atomic E-state index is 12.4. The molecule has 0 radical (unpaired) electrons. The van der Waals surface area contributed by atoms with E-state index in [0.717, 1.165) is 9.87 Å². The fourth-order valence-corrected chi connectivity index (χ4v) is 3.33. The van der Waals surface area contributed by atoms with Crippen molar-refractivity contribution in [2.45, 2.75) is 44.0 Å². The van der Waals surface area contributed by atoms with Crippen molar-refractivity contribution >= 4 is 16.0 Å². The number of benzene rings is 1. The highest BCUT2D eigenvalue weighted by Gasteiger charge is 2.31. The zero-order valence-electron chi connectivity index (χ0n) is 12.2. The molecule has 0 amide bonds. The van der Waals surface area contributed by atoms with Crippen molar-refractivity contribution in [3.8, 4) is 0 Å². The quantitative estimate of drug-likeness (QED) is 0.874. The smallest absolute Gasteiger partial charge is 0.321 e. The summed E-state index contributed by atoms with van der Waals surface area (Å²) in [5.74, 6) is -0.829. The molecule has 0 heterocycles. The Morgan fingerprint density at radius 3 is 2.10 bits per heavy atom. The van der Waals surface area contributed by atoms with Crippen LogP contribution < -0.4 is 0 Å². The number of hydrogen-bond acceptors (Lipinski definition) is 3. The molecule has 5 nitrogen and oxygen atoms in total. The van der Waals surface area contributed by atoms with E-state index in [2.05, 4.69) is 0 Å². The average molecular weight is 299 g/mol. The summed E-state index contributed by atoms with van der Waals surface area (Å²) in [5.41, 5.74) is 1.04. The lowest BCUT2D eigenvalue weighted by molar-refractivity contribution is -0.141. The molecule has 6 heteroatoms. The topological polar surface area (TPSA) is 74.7 Å². The molecule has 0 aromatic heterocycles. The summed E-state index contributed by atoms with van der Waals surface area (Å²) in [5, 5.41) is 9.06. The van der Waals surface area contributed by atoms with Gasteiger partial charge in [-0.05, 0) is 30.0 Å². The molecule has 1 aromatic carbocycles. The second-order valence-electron chi connectivity index (χ2n) is 5.01. The van der Waals surface area contributed by atoms with Crippen molar-refractivity contribution < 1.29 is 18.3 Å². The second kappa shape index (κ2) is 6.37. The van der Waals surface area contributed by atoms with Gasteiger partial charge in [0, 0.05) is 7.05 Å². The normalized spacial score (nSPS) is 13.7. The predicted molar refractivity (Wildman–Crippen MR) is 77.2 cm³/mol. The molecule has 1 atom stereocenters. The third kappa shape index (κ3) is 3.37. The number of carbonyl (C=O) groups is 1. The minimum Gasteiger partial charge on any atom is -0.480 e. The summed E-state index contributed by atoms with van der Waals surface area (Å²) in [4.78, 5) is 11.2. The largest absolute Gasteiger partial charge is 0.480 e. The fourth-order valence-electron chi connectivity index (χ4n) is 1.95. The molecule has 0 saturated carbocycles. The van der Waals surface area contributed by atoms with Gasteiger partial charge in [-0.3, -0.25) is 4.79 Å². The summed E-state index contributed by atoms with van der Waals surface area (Å²) >= 11 is 0. The molecule has 112 valence electrons. The summed E-state index contributed by atoms with van der Waals surface area (Å²) in [6, 6.07) is 5.51. The molecular weight excluding hydrogens is 278 g/mol. The van der Waals surface area contributed by atoms with Crippen LogP contribution in [0.3, 0.4) is 0 Å². The van der Waals surface area contributed by atoms with E-state index in [1.807, 2.05) is 13.8 Å². The molecule has 0 saturated heterocycles. The van der Waals surface area contributed by atoms with Crippen LogP contribution >= 0.6 is 0 Å². The van der Waals surface area contributed by atoms with Gasteiger partial charge in [0.25, 0.3) is 0 Å². The van der Waals surface area contributed by atoms with Crippen LogP contribution in [0.2, 0.25) is 0 Å². The van der Waals surface area contributed by atoms with Crippen LogP contribution in [0, 0.1) is 0 Å². The molecule has 0 aliphatic rings. The first-order chi connectivity index (χ1) is 9.21. The molecule has 0 spiro atoms. The van der Waals surface area contributed by atoms with E-state index in [1.54, 1.807) is 19.1 Å². The number of aliphatic carboxylic acids is 1. The number of rotatable bonds is 6. The maximum atomic E-state index is 12.4. The van der Waals surface area contributed by atoms with Crippen molar-refractivity contribution in [1.29, 1.82) is 0 Å². The lowest BCUT2D eigenvalue weighted by Gasteiger charge is -2.23. The molecule has 1 aromatic rings. The van der Waals surface area contributed by atoms with E-state index < -0.39 is 22.0 Å². The number of carboxylic acid groups (broad SMARTS) is 1. The first kappa shape index (κ1) is 16.7. The standard InChI is InChI=1S/C14H21NO4S/c1-5-13(14(16)17)15(4)20(18,19)12-8-6-11(7-9-12)10(2)3/h6-10,13H,5H2,1-4H3,(H,16,17). The second-order valence-corrected chi connectivity index (χ2v) is 7.00. The molecular formula is C14H21NO4S. The fraction of sp³-hybridized carbons (Fsp3) is 0.500. The highest BCUT2D eigenvalue weighted by atomic mass is 32.2. The Morgan fingerprint density at radius 1 is 1.25 bits per heavy atom. The number of hydrogen-bond donors (Lipinski definition) is 1. The van der Waals surface area contributed by atoms with Gasteiger partial charge in [-0.15, -0.1) is 0 Å². The lowest BCUT2D eigenvalue weighted by atomic mass is 10.0. The summed E-state index contributed by atoms with van der Waals surface area (Å²) in [6.07, 6.45) is 0.217. The third-order valence-corrected chi connectivity index (χ3v) is 5.22. The van der Waals surface area contributed by atoms with E-state index in [4.69, 9.17) is 5.11 Å². The van der Waals surface area contributed by atoms with Gasteiger partial charge < -0.3 is 5.11 Å². The van der Waals surface area contributed by atoms with Crippen LogP contribution in [0.4, 0.5) is 0 Å². The number of nitrogens with zero attached hydrogens (tertiary/aromatic N) is 1. The molecule has 0 aliphatic heterocycles. The summed E-state index contributed by atoms with van der Waals surface area (Å²) < 4.78 is 25.7. The highest BCUT2D eigenvalue weighted by molar-refractivity contribution is 7.89. The van der Waals surface area contributed by atoms with Gasteiger partial charge in [-0.2, -0.15) is 4.31 Å². The van der Waals surface area contributed by atoms with Gasteiger partial charge in [-0.1, -0.05) is 32.9 Å². The highest BCUT2D eigenvalue weighted by Crippen LogP contribution is 2.21. The van der Waals surface area contributed by atoms with E-state index in [0.29, 0.717) is 5.92 Å². The predicted octanol–water partition coefficient (Wildman–Crippen LogP) is 2.29. The summed E-state index contributed by atoms with van der Waals surface area (Å²) in [7, 11) is -2.49. The van der Waals surface area contributed by atoms with Crippen molar-refractivity contribution in [2.75, 3.05) is 7.05 Å². The molecule has 20 heavy (non-hydrogen) atoms. The Labute approximate surface area is 120 Å². The Morgan fingerprint density at radius 2 is 1.75 bits per heavy atom. The van der Waals surface area contributed by atoms with Crippen molar-refractivity contribution in [3.63, 3.8) is 0 Å². The first-order valence-electron chi connectivity index (χ1n) is 6.52. The molecule has 0 aliphatic carbocycles. The molecule has 1 rings (SSSR count). The summed E-state index contributed by atoms with van der Waals surface area (Å²) in [6.45, 7) is 5.69. The molecule has 1 N–H and O–H groups in total. The first-order valence-corrected chi connectivity index (χ1v) is 7.96. The van der Waals surface area contributed by atoms with E-state index in [1.165, 1.54) is 19.2 Å². The van der Waals surface area contributed by atoms with Crippen molar-refractivity contribution in [1.82, 2.24) is 4.31 Å². The average Bonchev–Trinajstić information content (AvgIpc) is 2.39. The molecule has 0 bridgehead atoms. The van der Waals surface area contributed by atoms with Gasteiger partial charge >= 0.3 is 5.97 Å². The SMILES string of the molecule is CCC(C(=O)O)N(C)S(=O)(=O)c1ccc(C(C)C)cc1. The lowest BCUT2D eigenvalue weighted by Crippen LogP contribution is -2.41. The van der Waals surface area contributed by atoms with Gasteiger partial charge in [0.2, 0.25) is 10.0 Å². The zero-order valence-corrected chi connectivity index (χ0v) is 13.0. The van der Waals surface area contributed by atoms with Crippen LogP contribution in [0.15, 0.2) is 29.2 Å². The van der Waals surface area contributed by atoms with E-state index in [9.17, 15) is 13.2 Å². The van der Waals surface area contributed by atoms with Gasteiger partial charge in [0.1, 0.15) is 6.04 Å². The van der Waals surface area contributed by atoms with Crippen molar-refractivity contribution in [3.05, 3.63) is 29.8 Å². The van der Waals surface area contributed by atoms with Gasteiger partial charge in [0.05, 0.1) is 4.90 Å². The van der Waals surface area contributed by atoms with Crippen LogP contribution in [0.5, 0.6) is 0 Å². The van der Waals surface area contributed by atoms with Crippen molar-refractivity contribution in [2.24, 2.45) is 0 Å². The Kier molecular flexibility index (Phi) is 5.30. The Balaban J connectivity index is 3.12. The Hall–Kier alpha value is -1.40. The number of likely N-dealkylation sites (N-methyl/N-ethyl adjacent to an activating group) is 1. The number of sulfonamides is 1. The van der Waals surface area contributed by atoms with Crippen LogP contribution in [0.25, 0.3) is 0 Å². The van der Waals surface area contributed by atoms with Gasteiger partial charge in [0.15, 0.2) is 0 Å². The van der Waals surface area contributed by atoms with Crippen LogP contribution in [0.1, 0.15) is 38.7 Å². The third-order valence-electron chi connectivity index (χ3n) is 3.33. The molecule has 1 unspecified atom stereocenters. The number of carboxylic acids is 1. The van der Waals surface area contributed by atoms with E-state index in [-0.39, 0.29) is 11.3 Å². The Bertz CT molecular complexity index is 563. The van der Waals surface area contributed by atoms with Crippen LogP contribution in [-0.4, -0.2) is 36.9 Å². The monoisotopic (exact) mass is 299 g/mol. The maximum Gasteiger partial charge on any atom is 0.321 e. The van der Waals surface area contributed by atoms with E-state index >= 15 is 0 Å². The zero-order chi connectivity index (χ0) is 15.5. The minimum absolute atomic E-state index is 0.115. The molecule has 0 fully saturated rings. The minimum atomic E-state index is -3.79.